The zero-order chi connectivity index (χ0) is 17.2. The van der Waals surface area contributed by atoms with E-state index in [9.17, 15) is 4.39 Å². The minimum atomic E-state index is -0.242. The minimum absolute atomic E-state index is 0.242. The molecule has 0 radical (unpaired) electrons. The van der Waals surface area contributed by atoms with Crippen LogP contribution < -0.4 is 0 Å². The van der Waals surface area contributed by atoms with E-state index >= 15 is 0 Å². The highest BCUT2D eigenvalue weighted by Gasteiger charge is 2.15. The predicted octanol–water partition coefficient (Wildman–Crippen LogP) is 5.01. The molecule has 0 spiro atoms. The van der Waals surface area contributed by atoms with E-state index in [2.05, 4.69) is 26.7 Å². The molecule has 0 fully saturated rings. The van der Waals surface area contributed by atoms with Gasteiger partial charge in [0.1, 0.15) is 5.82 Å². The fourth-order valence-corrected chi connectivity index (χ4v) is 4.43. The second-order valence-electron chi connectivity index (χ2n) is 5.42. The van der Waals surface area contributed by atoms with Crippen molar-refractivity contribution in [3.05, 3.63) is 59.4 Å². The molecule has 7 heteroatoms. The first kappa shape index (κ1) is 16.2. The van der Waals surface area contributed by atoms with Crippen LogP contribution in [-0.4, -0.2) is 19.7 Å². The van der Waals surface area contributed by atoms with Crippen LogP contribution in [0.3, 0.4) is 0 Å². The monoisotopic (exact) mass is 370 g/mol. The van der Waals surface area contributed by atoms with Crippen LogP contribution in [0.25, 0.3) is 21.6 Å². The van der Waals surface area contributed by atoms with Crippen molar-refractivity contribution in [3.8, 4) is 10.7 Å². The number of hydrogen-bond donors (Lipinski definition) is 0. The average molecular weight is 370 g/mol. The van der Waals surface area contributed by atoms with Crippen molar-refractivity contribution in [1.29, 1.82) is 0 Å². The van der Waals surface area contributed by atoms with Gasteiger partial charge < -0.3 is 4.57 Å². The Labute approximate surface area is 152 Å². The van der Waals surface area contributed by atoms with Crippen LogP contribution in [0.1, 0.15) is 12.5 Å². The summed E-state index contributed by atoms with van der Waals surface area (Å²) in [5.41, 5.74) is 1.70. The van der Waals surface area contributed by atoms with Gasteiger partial charge in [-0.05, 0) is 42.1 Å². The molecule has 4 nitrogen and oxygen atoms in total. The van der Waals surface area contributed by atoms with Gasteiger partial charge in [-0.3, -0.25) is 4.98 Å². The average Bonchev–Trinajstić information content (AvgIpc) is 3.30. The van der Waals surface area contributed by atoms with E-state index in [0.717, 1.165) is 28.0 Å². The third kappa shape index (κ3) is 3.05. The molecule has 0 saturated carbocycles. The molecule has 4 aromatic rings. The molecule has 0 N–H and O–H groups in total. The first-order valence-electron chi connectivity index (χ1n) is 7.90. The van der Waals surface area contributed by atoms with E-state index in [1.807, 2.05) is 17.5 Å². The van der Waals surface area contributed by atoms with Crippen LogP contribution in [0.4, 0.5) is 4.39 Å². The van der Waals surface area contributed by atoms with Crippen LogP contribution in [0.15, 0.2) is 53.1 Å². The third-order valence-electron chi connectivity index (χ3n) is 3.93. The van der Waals surface area contributed by atoms with Gasteiger partial charge >= 0.3 is 0 Å². The maximum absolute atomic E-state index is 13.9. The van der Waals surface area contributed by atoms with E-state index in [4.69, 9.17) is 0 Å². The van der Waals surface area contributed by atoms with Crippen LogP contribution in [0, 0.1) is 5.82 Å². The van der Waals surface area contributed by atoms with Gasteiger partial charge in [0.2, 0.25) is 0 Å². The zero-order valence-electron chi connectivity index (χ0n) is 13.5. The first-order valence-corrected chi connectivity index (χ1v) is 9.76. The van der Waals surface area contributed by atoms with Crippen molar-refractivity contribution in [3.63, 3.8) is 0 Å². The normalized spacial score (nSPS) is 11.3. The fraction of sp³-hybridized carbons (Fsp3) is 0.167. The Morgan fingerprint density at radius 2 is 2.08 bits per heavy atom. The molecule has 0 aliphatic carbocycles. The van der Waals surface area contributed by atoms with E-state index in [0.29, 0.717) is 16.7 Å². The zero-order valence-corrected chi connectivity index (χ0v) is 15.1. The molecule has 3 aromatic heterocycles. The summed E-state index contributed by atoms with van der Waals surface area (Å²) in [5, 5.41) is 12.1. The summed E-state index contributed by atoms with van der Waals surface area (Å²) in [7, 11) is 0. The Bertz CT molecular complexity index is 1010. The Morgan fingerprint density at radius 3 is 2.88 bits per heavy atom. The van der Waals surface area contributed by atoms with Crippen molar-refractivity contribution in [1.82, 2.24) is 19.7 Å². The van der Waals surface area contributed by atoms with Crippen molar-refractivity contribution >= 4 is 34.0 Å². The van der Waals surface area contributed by atoms with Crippen molar-refractivity contribution in [2.24, 2.45) is 0 Å². The van der Waals surface area contributed by atoms with E-state index in [1.54, 1.807) is 47.5 Å². The molecule has 1 aromatic carbocycles. The number of halogens is 1. The molecule has 25 heavy (non-hydrogen) atoms. The van der Waals surface area contributed by atoms with Crippen molar-refractivity contribution in [2.45, 2.75) is 24.4 Å². The number of thioether (sulfide) groups is 1. The molecule has 0 aliphatic rings. The number of benzene rings is 1. The molecule has 0 saturated heterocycles. The van der Waals surface area contributed by atoms with Crippen LogP contribution in [0.5, 0.6) is 0 Å². The van der Waals surface area contributed by atoms with Crippen LogP contribution in [-0.2, 0) is 12.3 Å². The maximum Gasteiger partial charge on any atom is 0.191 e. The molecule has 126 valence electrons. The first-order chi connectivity index (χ1) is 12.3. The molecule has 0 unspecified atom stereocenters. The second-order valence-corrected chi connectivity index (χ2v) is 7.31. The molecule has 3 heterocycles. The summed E-state index contributed by atoms with van der Waals surface area (Å²) in [6, 6.07) is 10.9. The third-order valence-corrected chi connectivity index (χ3v) is 5.81. The number of rotatable bonds is 5. The molecule has 4 rings (SSSR count). The number of thiophene rings is 1. The quantitative estimate of drug-likeness (QED) is 0.463. The minimum Gasteiger partial charge on any atom is -0.302 e. The molecule has 0 aliphatic heterocycles. The lowest BCUT2D eigenvalue weighted by Crippen LogP contribution is -1.99. The number of aromatic nitrogens is 4. The van der Waals surface area contributed by atoms with Gasteiger partial charge in [-0.25, -0.2) is 4.39 Å². The Morgan fingerprint density at radius 1 is 1.16 bits per heavy atom. The molecule has 0 amide bonds. The van der Waals surface area contributed by atoms with Crippen LogP contribution >= 0.6 is 23.1 Å². The molecular weight excluding hydrogens is 355 g/mol. The smallest absolute Gasteiger partial charge is 0.191 e. The molecule has 0 bridgehead atoms. The topological polar surface area (TPSA) is 43.6 Å². The lowest BCUT2D eigenvalue weighted by atomic mass is 10.1. The second kappa shape index (κ2) is 6.93. The Hall–Kier alpha value is -2.25. The Kier molecular flexibility index (Phi) is 4.50. The van der Waals surface area contributed by atoms with E-state index < -0.39 is 0 Å². The van der Waals surface area contributed by atoms with Gasteiger partial charge in [0, 0.05) is 23.9 Å². The predicted molar refractivity (Wildman–Crippen MR) is 100 cm³/mol. The highest BCUT2D eigenvalue weighted by atomic mass is 32.2. The number of nitrogens with zero attached hydrogens (tertiary/aromatic N) is 4. The van der Waals surface area contributed by atoms with Gasteiger partial charge in [0.05, 0.1) is 10.4 Å². The SMILES string of the molecule is CCn1c(SCc2ccc(F)c3cccnc23)nnc1-c1cccs1. The van der Waals surface area contributed by atoms with Gasteiger partial charge in [-0.1, -0.05) is 23.9 Å². The summed E-state index contributed by atoms with van der Waals surface area (Å²) < 4.78 is 16.0. The fourth-order valence-electron chi connectivity index (χ4n) is 2.72. The van der Waals surface area contributed by atoms with Gasteiger partial charge in [-0.2, -0.15) is 0 Å². The summed E-state index contributed by atoms with van der Waals surface area (Å²) in [6.07, 6.45) is 1.69. The molecule has 0 atom stereocenters. The number of hydrogen-bond acceptors (Lipinski definition) is 5. The highest BCUT2D eigenvalue weighted by Crippen LogP contribution is 2.30. The van der Waals surface area contributed by atoms with Gasteiger partial charge in [-0.15, -0.1) is 21.5 Å². The standard InChI is InChI=1S/C18H15FN4S2/c1-2-23-17(15-6-4-10-24-15)21-22-18(23)25-11-12-7-8-14(19)13-5-3-9-20-16(12)13/h3-10H,2,11H2,1H3. The summed E-state index contributed by atoms with van der Waals surface area (Å²) in [6.45, 7) is 2.88. The highest BCUT2D eigenvalue weighted by molar-refractivity contribution is 7.98. The lowest BCUT2D eigenvalue weighted by molar-refractivity contribution is 0.639. The van der Waals surface area contributed by atoms with Crippen LogP contribution in [0.2, 0.25) is 0 Å². The number of fused-ring (bicyclic) bond motifs is 1. The summed E-state index contributed by atoms with van der Waals surface area (Å²) in [4.78, 5) is 5.45. The Balaban J connectivity index is 1.64. The van der Waals surface area contributed by atoms with E-state index in [1.165, 1.54) is 6.07 Å². The summed E-state index contributed by atoms with van der Waals surface area (Å²) in [5.74, 6) is 1.31. The van der Waals surface area contributed by atoms with Gasteiger partial charge in [0.15, 0.2) is 11.0 Å². The molecular formula is C18H15FN4S2. The maximum atomic E-state index is 13.9. The van der Waals surface area contributed by atoms with Crippen molar-refractivity contribution < 1.29 is 4.39 Å². The van der Waals surface area contributed by atoms with E-state index in [-0.39, 0.29) is 5.82 Å². The largest absolute Gasteiger partial charge is 0.302 e. The van der Waals surface area contributed by atoms with Gasteiger partial charge in [0.25, 0.3) is 0 Å². The number of pyridine rings is 1. The lowest BCUT2D eigenvalue weighted by Gasteiger charge is -2.08. The van der Waals surface area contributed by atoms with Crippen molar-refractivity contribution in [2.75, 3.05) is 0 Å². The summed E-state index contributed by atoms with van der Waals surface area (Å²) >= 11 is 3.25.